The van der Waals surface area contributed by atoms with Gasteiger partial charge in [0.2, 0.25) is 5.91 Å². The van der Waals surface area contributed by atoms with Crippen molar-refractivity contribution in [3.63, 3.8) is 0 Å². The number of likely N-dealkylation sites (tertiary alicyclic amines) is 1. The van der Waals surface area contributed by atoms with Crippen molar-refractivity contribution in [3.05, 3.63) is 83.8 Å². The highest BCUT2D eigenvalue weighted by molar-refractivity contribution is 5.96. The van der Waals surface area contributed by atoms with Crippen LogP contribution in [0.25, 0.3) is 0 Å². The van der Waals surface area contributed by atoms with Crippen LogP contribution in [-0.4, -0.2) is 29.3 Å². The van der Waals surface area contributed by atoms with Gasteiger partial charge in [0.1, 0.15) is 17.5 Å². The number of amides is 2. The summed E-state index contributed by atoms with van der Waals surface area (Å²) in [7, 11) is 0. The number of hydrogen-bond donors (Lipinski definition) is 1. The summed E-state index contributed by atoms with van der Waals surface area (Å²) < 4.78 is 11.2. The maximum absolute atomic E-state index is 12.8. The standard InChI is InChI=1S/C24H24N2O4/c1-17-7-4-9-19(15-17)30-21-11-3-2-8-18(21)16-25-23(27)20-10-5-13-26(20)24(28)22-12-6-14-29-22/h2-4,6-9,11-12,14-15,20H,5,10,13,16H2,1H3,(H,25,27). The summed E-state index contributed by atoms with van der Waals surface area (Å²) in [5, 5.41) is 2.97. The zero-order valence-electron chi connectivity index (χ0n) is 16.8. The molecule has 1 aliphatic rings. The molecule has 1 aliphatic heterocycles. The van der Waals surface area contributed by atoms with Gasteiger partial charge in [0.25, 0.3) is 5.91 Å². The molecule has 0 spiro atoms. The fourth-order valence-corrected chi connectivity index (χ4v) is 3.68. The fourth-order valence-electron chi connectivity index (χ4n) is 3.68. The number of benzene rings is 2. The summed E-state index contributed by atoms with van der Waals surface area (Å²) in [5.41, 5.74) is 1.98. The molecule has 6 heteroatoms. The van der Waals surface area contributed by atoms with Crippen LogP contribution in [0.3, 0.4) is 0 Å². The van der Waals surface area contributed by atoms with Crippen molar-refractivity contribution in [2.75, 3.05) is 6.54 Å². The van der Waals surface area contributed by atoms with Crippen molar-refractivity contribution in [1.29, 1.82) is 0 Å². The summed E-state index contributed by atoms with van der Waals surface area (Å²) in [6.07, 6.45) is 2.89. The first-order valence-corrected chi connectivity index (χ1v) is 10.1. The molecule has 1 saturated heterocycles. The molecular formula is C24H24N2O4. The van der Waals surface area contributed by atoms with E-state index in [1.165, 1.54) is 6.26 Å². The number of furan rings is 1. The summed E-state index contributed by atoms with van der Waals surface area (Å²) in [5.74, 6) is 1.28. The number of rotatable bonds is 6. The molecule has 4 rings (SSSR count). The van der Waals surface area contributed by atoms with Crippen molar-refractivity contribution in [3.8, 4) is 11.5 Å². The highest BCUT2D eigenvalue weighted by Crippen LogP contribution is 2.26. The first-order valence-electron chi connectivity index (χ1n) is 10.1. The van der Waals surface area contributed by atoms with Crippen LogP contribution in [0.2, 0.25) is 0 Å². The van der Waals surface area contributed by atoms with Crippen molar-refractivity contribution in [2.45, 2.75) is 32.4 Å². The maximum Gasteiger partial charge on any atom is 0.290 e. The van der Waals surface area contributed by atoms with Crippen LogP contribution in [0.1, 0.15) is 34.5 Å². The third kappa shape index (κ3) is 4.38. The van der Waals surface area contributed by atoms with Crippen LogP contribution in [0.15, 0.2) is 71.3 Å². The molecule has 6 nitrogen and oxygen atoms in total. The van der Waals surface area contributed by atoms with E-state index in [2.05, 4.69) is 5.32 Å². The monoisotopic (exact) mass is 404 g/mol. The number of nitrogens with zero attached hydrogens (tertiary/aromatic N) is 1. The van der Waals surface area contributed by atoms with E-state index in [9.17, 15) is 9.59 Å². The van der Waals surface area contributed by atoms with Crippen LogP contribution >= 0.6 is 0 Å². The van der Waals surface area contributed by atoms with Gasteiger partial charge in [-0.05, 0) is 55.7 Å². The molecule has 2 aromatic carbocycles. The van der Waals surface area contributed by atoms with Gasteiger partial charge in [-0.2, -0.15) is 0 Å². The van der Waals surface area contributed by atoms with E-state index in [4.69, 9.17) is 9.15 Å². The number of para-hydroxylation sites is 1. The second-order valence-electron chi connectivity index (χ2n) is 7.38. The molecule has 2 heterocycles. The van der Waals surface area contributed by atoms with Gasteiger partial charge in [-0.1, -0.05) is 30.3 Å². The molecule has 1 fully saturated rings. The molecule has 2 amide bonds. The number of hydrogen-bond acceptors (Lipinski definition) is 4. The minimum atomic E-state index is -0.493. The number of nitrogens with one attached hydrogen (secondary N) is 1. The number of carbonyl (C=O) groups excluding carboxylic acids is 2. The van der Waals surface area contributed by atoms with Crippen molar-refractivity contribution >= 4 is 11.8 Å². The summed E-state index contributed by atoms with van der Waals surface area (Å²) in [6.45, 7) is 2.88. The van der Waals surface area contributed by atoms with Gasteiger partial charge in [0.15, 0.2) is 5.76 Å². The first kappa shape index (κ1) is 19.8. The summed E-state index contributed by atoms with van der Waals surface area (Å²) in [6, 6.07) is 18.2. The minimum absolute atomic E-state index is 0.169. The van der Waals surface area contributed by atoms with Crippen LogP contribution in [-0.2, 0) is 11.3 Å². The van der Waals surface area contributed by atoms with E-state index in [0.29, 0.717) is 25.3 Å². The molecule has 0 saturated carbocycles. The second-order valence-corrected chi connectivity index (χ2v) is 7.38. The number of ether oxygens (including phenoxy) is 1. The van der Waals surface area contributed by atoms with E-state index in [1.807, 2.05) is 55.5 Å². The van der Waals surface area contributed by atoms with E-state index in [-0.39, 0.29) is 17.6 Å². The molecule has 1 unspecified atom stereocenters. The Labute approximate surface area is 175 Å². The van der Waals surface area contributed by atoms with Crippen LogP contribution in [0, 0.1) is 6.92 Å². The lowest BCUT2D eigenvalue weighted by molar-refractivity contribution is -0.125. The average molecular weight is 404 g/mol. The van der Waals surface area contributed by atoms with Crippen molar-refractivity contribution in [1.82, 2.24) is 10.2 Å². The summed E-state index contributed by atoms with van der Waals surface area (Å²) in [4.78, 5) is 27.0. The highest BCUT2D eigenvalue weighted by atomic mass is 16.5. The predicted octanol–water partition coefficient (Wildman–Crippen LogP) is 4.30. The zero-order chi connectivity index (χ0) is 20.9. The summed E-state index contributed by atoms with van der Waals surface area (Å²) >= 11 is 0. The molecule has 30 heavy (non-hydrogen) atoms. The normalized spacial score (nSPS) is 15.8. The molecule has 0 radical (unpaired) electrons. The Morgan fingerprint density at radius 1 is 1.13 bits per heavy atom. The Kier molecular flexibility index (Phi) is 5.84. The zero-order valence-corrected chi connectivity index (χ0v) is 16.8. The van der Waals surface area contributed by atoms with E-state index in [0.717, 1.165) is 23.3 Å². The minimum Gasteiger partial charge on any atom is -0.459 e. The number of aryl methyl sites for hydroxylation is 1. The molecule has 1 aromatic heterocycles. The number of carbonyl (C=O) groups is 2. The predicted molar refractivity (Wildman–Crippen MR) is 112 cm³/mol. The van der Waals surface area contributed by atoms with Crippen LogP contribution in [0.4, 0.5) is 0 Å². The van der Waals surface area contributed by atoms with Gasteiger partial charge in [0, 0.05) is 18.7 Å². The second kappa shape index (κ2) is 8.86. The van der Waals surface area contributed by atoms with Gasteiger partial charge < -0.3 is 19.4 Å². The van der Waals surface area contributed by atoms with Crippen molar-refractivity contribution < 1.29 is 18.7 Å². The Hall–Kier alpha value is -3.54. The van der Waals surface area contributed by atoms with Crippen LogP contribution < -0.4 is 10.1 Å². The third-order valence-corrected chi connectivity index (χ3v) is 5.19. The molecule has 0 aliphatic carbocycles. The van der Waals surface area contributed by atoms with Gasteiger partial charge in [-0.3, -0.25) is 9.59 Å². The fraction of sp³-hybridized carbons (Fsp3) is 0.250. The van der Waals surface area contributed by atoms with Crippen LogP contribution in [0.5, 0.6) is 11.5 Å². The smallest absolute Gasteiger partial charge is 0.290 e. The lowest BCUT2D eigenvalue weighted by Crippen LogP contribution is -2.45. The Bertz CT molecular complexity index is 1030. The topological polar surface area (TPSA) is 71.8 Å². The van der Waals surface area contributed by atoms with Crippen molar-refractivity contribution in [2.24, 2.45) is 0 Å². The highest BCUT2D eigenvalue weighted by Gasteiger charge is 2.35. The maximum atomic E-state index is 12.8. The molecule has 1 atom stereocenters. The Balaban J connectivity index is 1.42. The molecule has 154 valence electrons. The van der Waals surface area contributed by atoms with E-state index in [1.54, 1.807) is 17.0 Å². The average Bonchev–Trinajstić information content (AvgIpc) is 3.45. The third-order valence-electron chi connectivity index (χ3n) is 5.19. The molecule has 3 aromatic rings. The van der Waals surface area contributed by atoms with Gasteiger partial charge >= 0.3 is 0 Å². The quantitative estimate of drug-likeness (QED) is 0.665. The molecule has 1 N–H and O–H groups in total. The van der Waals surface area contributed by atoms with Gasteiger partial charge in [-0.15, -0.1) is 0 Å². The molecule has 0 bridgehead atoms. The lowest BCUT2D eigenvalue weighted by Gasteiger charge is -2.23. The Morgan fingerprint density at radius 2 is 2.00 bits per heavy atom. The first-order chi connectivity index (χ1) is 14.6. The van der Waals surface area contributed by atoms with Gasteiger partial charge in [0.05, 0.1) is 6.26 Å². The Morgan fingerprint density at radius 3 is 2.80 bits per heavy atom. The van der Waals surface area contributed by atoms with E-state index >= 15 is 0 Å². The largest absolute Gasteiger partial charge is 0.459 e. The van der Waals surface area contributed by atoms with Gasteiger partial charge in [-0.25, -0.2) is 0 Å². The SMILES string of the molecule is Cc1cccc(Oc2ccccc2CNC(=O)C2CCCN2C(=O)c2ccco2)c1. The van der Waals surface area contributed by atoms with E-state index < -0.39 is 6.04 Å². The lowest BCUT2D eigenvalue weighted by atomic mass is 10.1. The molecular weight excluding hydrogens is 380 g/mol.